The molecule has 20 heavy (non-hydrogen) atoms. The average Bonchev–Trinajstić information content (AvgIpc) is 3.06. The van der Waals surface area contributed by atoms with Gasteiger partial charge in [-0.2, -0.15) is 5.10 Å². The SMILES string of the molecule is Cc1nn(CN(C)Cc2ccc(Cl)s2)c(=S)n1C1CC1. The summed E-state index contributed by atoms with van der Waals surface area (Å²) in [5.74, 6) is 1.02. The molecule has 1 aliphatic rings. The zero-order chi connectivity index (χ0) is 14.3. The van der Waals surface area contributed by atoms with Gasteiger partial charge in [-0.15, -0.1) is 11.3 Å². The van der Waals surface area contributed by atoms with Gasteiger partial charge in [-0.05, 0) is 51.2 Å². The van der Waals surface area contributed by atoms with Gasteiger partial charge in [-0.25, -0.2) is 4.68 Å². The lowest BCUT2D eigenvalue weighted by atomic mass is 10.4. The highest BCUT2D eigenvalue weighted by Crippen LogP contribution is 2.35. The van der Waals surface area contributed by atoms with Gasteiger partial charge in [0.25, 0.3) is 0 Å². The van der Waals surface area contributed by atoms with Gasteiger partial charge >= 0.3 is 0 Å². The molecule has 1 aliphatic carbocycles. The lowest BCUT2D eigenvalue weighted by Gasteiger charge is -2.15. The third-order valence-electron chi connectivity index (χ3n) is 3.38. The lowest BCUT2D eigenvalue weighted by molar-refractivity contribution is 0.245. The molecule has 2 aromatic heterocycles. The predicted molar refractivity (Wildman–Crippen MR) is 84.9 cm³/mol. The summed E-state index contributed by atoms with van der Waals surface area (Å²) < 4.78 is 5.77. The van der Waals surface area contributed by atoms with E-state index in [-0.39, 0.29) is 0 Å². The summed E-state index contributed by atoms with van der Waals surface area (Å²) in [6.07, 6.45) is 2.45. The topological polar surface area (TPSA) is 26.0 Å². The highest BCUT2D eigenvalue weighted by Gasteiger charge is 2.27. The summed E-state index contributed by atoms with van der Waals surface area (Å²) in [6.45, 7) is 3.59. The van der Waals surface area contributed by atoms with E-state index in [2.05, 4.69) is 27.7 Å². The molecule has 0 unspecified atom stereocenters. The van der Waals surface area contributed by atoms with Gasteiger partial charge in [0.1, 0.15) is 5.82 Å². The third kappa shape index (κ3) is 2.98. The van der Waals surface area contributed by atoms with Gasteiger partial charge in [0.2, 0.25) is 0 Å². The second kappa shape index (κ2) is 5.60. The van der Waals surface area contributed by atoms with Crippen molar-refractivity contribution < 1.29 is 0 Å². The molecule has 4 nitrogen and oxygen atoms in total. The van der Waals surface area contributed by atoms with Crippen LogP contribution in [-0.2, 0) is 13.2 Å². The van der Waals surface area contributed by atoms with Gasteiger partial charge in [-0.1, -0.05) is 11.6 Å². The monoisotopic (exact) mass is 328 g/mol. The van der Waals surface area contributed by atoms with Crippen molar-refractivity contribution in [3.8, 4) is 0 Å². The summed E-state index contributed by atoms with van der Waals surface area (Å²) in [5.41, 5.74) is 0. The number of rotatable bonds is 5. The Balaban J connectivity index is 1.71. The van der Waals surface area contributed by atoms with Crippen LogP contribution >= 0.6 is 35.2 Å². The van der Waals surface area contributed by atoms with Crippen molar-refractivity contribution in [3.63, 3.8) is 0 Å². The summed E-state index contributed by atoms with van der Waals surface area (Å²) in [7, 11) is 2.07. The van der Waals surface area contributed by atoms with Crippen LogP contribution in [0.1, 0.15) is 29.6 Å². The first-order valence-corrected chi connectivity index (χ1v) is 8.23. The normalized spacial score (nSPS) is 15.2. The van der Waals surface area contributed by atoms with E-state index in [0.717, 1.165) is 21.5 Å². The first kappa shape index (κ1) is 14.3. The number of halogens is 1. The van der Waals surface area contributed by atoms with Crippen molar-refractivity contribution in [2.45, 2.75) is 39.0 Å². The second-order valence-electron chi connectivity index (χ2n) is 5.29. The Morgan fingerprint density at radius 2 is 2.25 bits per heavy atom. The smallest absolute Gasteiger partial charge is 0.199 e. The molecule has 0 bridgehead atoms. The van der Waals surface area contributed by atoms with E-state index < -0.39 is 0 Å². The molecule has 1 saturated carbocycles. The van der Waals surface area contributed by atoms with Crippen LogP contribution in [0.3, 0.4) is 0 Å². The van der Waals surface area contributed by atoms with Crippen LogP contribution in [0.25, 0.3) is 0 Å². The zero-order valence-corrected chi connectivity index (χ0v) is 13.9. The van der Waals surface area contributed by atoms with Crippen molar-refractivity contribution in [3.05, 3.63) is 31.9 Å². The molecule has 0 radical (unpaired) electrons. The number of aromatic nitrogens is 3. The number of hydrogen-bond donors (Lipinski definition) is 0. The summed E-state index contributed by atoms with van der Waals surface area (Å²) in [5, 5.41) is 4.57. The van der Waals surface area contributed by atoms with Crippen LogP contribution in [0.5, 0.6) is 0 Å². The summed E-state index contributed by atoms with van der Waals surface area (Å²) >= 11 is 13.1. The molecular weight excluding hydrogens is 312 g/mol. The van der Waals surface area contributed by atoms with Gasteiger partial charge in [-0.3, -0.25) is 4.90 Å². The highest BCUT2D eigenvalue weighted by atomic mass is 35.5. The van der Waals surface area contributed by atoms with Crippen molar-refractivity contribution in [1.82, 2.24) is 19.2 Å². The van der Waals surface area contributed by atoms with Gasteiger partial charge in [0, 0.05) is 17.5 Å². The quantitative estimate of drug-likeness (QED) is 0.779. The van der Waals surface area contributed by atoms with E-state index in [9.17, 15) is 0 Å². The fourth-order valence-corrected chi connectivity index (χ4v) is 3.90. The van der Waals surface area contributed by atoms with Crippen LogP contribution in [0, 0.1) is 11.7 Å². The van der Waals surface area contributed by atoms with E-state index in [0.29, 0.717) is 12.7 Å². The summed E-state index contributed by atoms with van der Waals surface area (Å²) in [4.78, 5) is 3.45. The molecule has 1 fully saturated rings. The zero-order valence-electron chi connectivity index (χ0n) is 11.5. The molecule has 2 aromatic rings. The van der Waals surface area contributed by atoms with Gasteiger partial charge < -0.3 is 4.57 Å². The molecule has 7 heteroatoms. The van der Waals surface area contributed by atoms with E-state index in [1.807, 2.05) is 17.7 Å². The average molecular weight is 329 g/mol. The Bertz CT molecular complexity index is 668. The molecule has 0 atom stereocenters. The highest BCUT2D eigenvalue weighted by molar-refractivity contribution is 7.71. The molecule has 0 aliphatic heterocycles. The Morgan fingerprint density at radius 1 is 1.50 bits per heavy atom. The van der Waals surface area contributed by atoms with Crippen molar-refractivity contribution in [1.29, 1.82) is 0 Å². The molecule has 0 saturated heterocycles. The minimum absolute atomic E-state index is 0.581. The number of hydrogen-bond acceptors (Lipinski definition) is 4. The first-order valence-electron chi connectivity index (χ1n) is 6.63. The first-order chi connectivity index (χ1) is 9.54. The third-order valence-corrected chi connectivity index (χ3v) is 5.01. The standard InChI is InChI=1S/C13H17ClN4S2/c1-9-15-17(13(19)18(9)10-3-4-10)8-16(2)7-11-5-6-12(14)20-11/h5-6,10H,3-4,7-8H2,1-2H3. The number of nitrogens with zero attached hydrogens (tertiary/aromatic N) is 4. The lowest BCUT2D eigenvalue weighted by Crippen LogP contribution is -2.22. The van der Waals surface area contributed by atoms with E-state index in [1.54, 1.807) is 11.3 Å². The number of aryl methyl sites for hydroxylation is 1. The predicted octanol–water partition coefficient (Wildman–Crippen LogP) is 3.86. The summed E-state index contributed by atoms with van der Waals surface area (Å²) in [6, 6.07) is 4.58. The Morgan fingerprint density at radius 3 is 2.85 bits per heavy atom. The van der Waals surface area contributed by atoms with Crippen LogP contribution in [-0.4, -0.2) is 26.3 Å². The van der Waals surface area contributed by atoms with Crippen LogP contribution in [0.4, 0.5) is 0 Å². The van der Waals surface area contributed by atoms with Crippen LogP contribution in [0.2, 0.25) is 4.34 Å². The minimum Gasteiger partial charge on any atom is -0.301 e. The molecule has 0 aromatic carbocycles. The molecule has 2 heterocycles. The Hall–Kier alpha value is -0.690. The van der Waals surface area contributed by atoms with Crippen molar-refractivity contribution in [2.75, 3.05) is 7.05 Å². The fraction of sp³-hybridized carbons (Fsp3) is 0.538. The molecule has 3 rings (SSSR count). The van der Waals surface area contributed by atoms with E-state index >= 15 is 0 Å². The Kier molecular flexibility index (Phi) is 3.99. The van der Waals surface area contributed by atoms with Crippen molar-refractivity contribution >= 4 is 35.2 Å². The van der Waals surface area contributed by atoms with Crippen LogP contribution in [0.15, 0.2) is 12.1 Å². The maximum absolute atomic E-state index is 5.96. The largest absolute Gasteiger partial charge is 0.301 e. The second-order valence-corrected chi connectivity index (χ2v) is 7.46. The van der Waals surface area contributed by atoms with Crippen LogP contribution < -0.4 is 0 Å². The fourth-order valence-electron chi connectivity index (χ4n) is 2.36. The Labute approximate surface area is 132 Å². The maximum atomic E-state index is 5.96. The molecule has 108 valence electrons. The van der Waals surface area contributed by atoms with Gasteiger partial charge in [0.05, 0.1) is 11.0 Å². The van der Waals surface area contributed by atoms with Crippen molar-refractivity contribution in [2.24, 2.45) is 0 Å². The van der Waals surface area contributed by atoms with Gasteiger partial charge in [0.15, 0.2) is 4.77 Å². The van der Waals surface area contributed by atoms with E-state index in [4.69, 9.17) is 23.8 Å². The number of thiophene rings is 1. The molecular formula is C13H17ClN4S2. The van der Waals surface area contributed by atoms with E-state index in [1.165, 1.54) is 17.7 Å². The minimum atomic E-state index is 0.581. The molecule has 0 N–H and O–H groups in total. The molecule has 0 amide bonds. The molecule has 0 spiro atoms. The maximum Gasteiger partial charge on any atom is 0.199 e.